The molecule has 56 valence electrons. The number of alkyl halides is 3. The zero-order valence-corrected chi connectivity index (χ0v) is 7.38. The van der Waals surface area contributed by atoms with Crippen molar-refractivity contribution in [2.45, 2.75) is 0 Å². The van der Waals surface area contributed by atoms with E-state index in [2.05, 4.69) is 0 Å². The molecule has 1 nitrogen and oxygen atoms in total. The molecule has 4 heteroatoms. The lowest BCUT2D eigenvalue weighted by atomic mass is 10.6. The molecule has 0 aliphatic heterocycles. The van der Waals surface area contributed by atoms with Crippen molar-refractivity contribution in [2.75, 3.05) is 30.9 Å². The van der Waals surface area contributed by atoms with E-state index in [0.29, 0.717) is 17.8 Å². The van der Waals surface area contributed by atoms with Gasteiger partial charge in [-0.05, 0) is 0 Å². The molecule has 0 aromatic heterocycles. The molecule has 0 rings (SSSR count). The first-order chi connectivity index (χ1) is 4.35. The Morgan fingerprint density at radius 2 is 1.33 bits per heavy atom. The van der Waals surface area contributed by atoms with Gasteiger partial charge in [0.05, 0.1) is 6.00 Å². The summed E-state index contributed by atoms with van der Waals surface area (Å²) < 4.78 is 0. The van der Waals surface area contributed by atoms with Crippen LogP contribution in [0, 0.1) is 0 Å². The van der Waals surface area contributed by atoms with E-state index in [1.807, 2.05) is 4.90 Å². The maximum Gasteiger partial charge on any atom is 0.0739 e. The molecule has 0 spiro atoms. The molecule has 0 atom stereocenters. The SMILES string of the molecule is ClCCN(CCl)CCCl. The summed E-state index contributed by atoms with van der Waals surface area (Å²) in [4.78, 5) is 1.99. The second-order valence-corrected chi connectivity index (χ2v) is 2.61. The Labute approximate surface area is 70.9 Å². The van der Waals surface area contributed by atoms with Crippen molar-refractivity contribution in [3.63, 3.8) is 0 Å². The zero-order chi connectivity index (χ0) is 7.11. The van der Waals surface area contributed by atoms with Gasteiger partial charge in [-0.25, -0.2) is 0 Å². The van der Waals surface area contributed by atoms with Crippen LogP contribution in [0.2, 0.25) is 0 Å². The summed E-state index contributed by atoms with van der Waals surface area (Å²) in [5, 5.41) is 0. The summed E-state index contributed by atoms with van der Waals surface area (Å²) in [6.07, 6.45) is 0. The van der Waals surface area contributed by atoms with Crippen LogP contribution in [-0.4, -0.2) is 35.8 Å². The maximum absolute atomic E-state index is 5.53. The van der Waals surface area contributed by atoms with Crippen molar-refractivity contribution in [1.29, 1.82) is 0 Å². The number of rotatable bonds is 5. The quantitative estimate of drug-likeness (QED) is 0.473. The van der Waals surface area contributed by atoms with Crippen LogP contribution < -0.4 is 0 Å². The monoisotopic (exact) mass is 189 g/mol. The van der Waals surface area contributed by atoms with Gasteiger partial charge in [-0.1, -0.05) is 0 Å². The third-order valence-corrected chi connectivity index (χ3v) is 1.65. The molecular formula is C5H10Cl3N. The van der Waals surface area contributed by atoms with Gasteiger partial charge in [0.1, 0.15) is 0 Å². The molecule has 0 aromatic rings. The van der Waals surface area contributed by atoms with Gasteiger partial charge in [-0.15, -0.1) is 34.8 Å². The molecule has 9 heavy (non-hydrogen) atoms. The van der Waals surface area contributed by atoms with Crippen LogP contribution in [0.3, 0.4) is 0 Å². The van der Waals surface area contributed by atoms with Crippen LogP contribution in [0.1, 0.15) is 0 Å². The van der Waals surface area contributed by atoms with E-state index in [0.717, 1.165) is 13.1 Å². The number of hydrogen-bond donors (Lipinski definition) is 0. The molecule has 0 aromatic carbocycles. The lowest BCUT2D eigenvalue weighted by Gasteiger charge is -2.14. The fourth-order valence-corrected chi connectivity index (χ4v) is 1.19. The molecule has 0 saturated carbocycles. The molecular weight excluding hydrogens is 180 g/mol. The van der Waals surface area contributed by atoms with E-state index in [-0.39, 0.29) is 0 Å². The van der Waals surface area contributed by atoms with Crippen molar-refractivity contribution < 1.29 is 0 Å². The molecule has 0 amide bonds. The second-order valence-electron chi connectivity index (χ2n) is 1.62. The summed E-state index contributed by atoms with van der Waals surface area (Å²) in [5.74, 6) is 1.23. The highest BCUT2D eigenvalue weighted by molar-refractivity contribution is 6.19. The van der Waals surface area contributed by atoms with Crippen molar-refractivity contribution in [3.8, 4) is 0 Å². The smallest absolute Gasteiger partial charge is 0.0739 e. The van der Waals surface area contributed by atoms with Gasteiger partial charge in [0.15, 0.2) is 0 Å². The number of halogens is 3. The van der Waals surface area contributed by atoms with E-state index < -0.39 is 0 Å². The lowest BCUT2D eigenvalue weighted by molar-refractivity contribution is 0.359. The highest BCUT2D eigenvalue weighted by Gasteiger charge is 1.98. The highest BCUT2D eigenvalue weighted by Crippen LogP contribution is 1.92. The van der Waals surface area contributed by atoms with Crippen LogP contribution in [0.25, 0.3) is 0 Å². The first-order valence-corrected chi connectivity index (χ1v) is 4.35. The Bertz CT molecular complexity index is 54.2. The van der Waals surface area contributed by atoms with Crippen LogP contribution in [0.15, 0.2) is 0 Å². The summed E-state index contributed by atoms with van der Waals surface area (Å²) in [6.45, 7) is 1.63. The molecule has 0 aliphatic rings. The first kappa shape index (κ1) is 9.83. The summed E-state index contributed by atoms with van der Waals surface area (Å²) in [6, 6.07) is 0.513. The molecule has 0 fully saturated rings. The normalized spacial score (nSPS) is 10.7. The fraction of sp³-hybridized carbons (Fsp3) is 1.00. The number of hydrogen-bond acceptors (Lipinski definition) is 1. The standard InChI is InChI=1S/C5H10Cl3N/c6-1-3-9(5-8)4-2-7/h1-5H2. The number of nitrogens with zero attached hydrogens (tertiary/aromatic N) is 1. The average Bonchev–Trinajstić information content (AvgIpc) is 1.88. The van der Waals surface area contributed by atoms with Crippen LogP contribution in [0.4, 0.5) is 0 Å². The summed E-state index contributed by atoms with van der Waals surface area (Å²) in [5.41, 5.74) is 0. The maximum atomic E-state index is 5.53. The van der Waals surface area contributed by atoms with Crippen LogP contribution in [-0.2, 0) is 0 Å². The van der Waals surface area contributed by atoms with E-state index in [4.69, 9.17) is 34.8 Å². The van der Waals surface area contributed by atoms with E-state index in [1.54, 1.807) is 0 Å². The van der Waals surface area contributed by atoms with Gasteiger partial charge < -0.3 is 0 Å². The van der Waals surface area contributed by atoms with E-state index in [1.165, 1.54) is 0 Å². The summed E-state index contributed by atoms with van der Waals surface area (Å²) >= 11 is 16.5. The minimum Gasteiger partial charge on any atom is -0.288 e. The molecule has 0 unspecified atom stereocenters. The Balaban J connectivity index is 3.18. The van der Waals surface area contributed by atoms with Gasteiger partial charge in [0.25, 0.3) is 0 Å². The second kappa shape index (κ2) is 6.94. The van der Waals surface area contributed by atoms with Crippen molar-refractivity contribution >= 4 is 34.8 Å². The minimum absolute atomic E-state index is 0.513. The summed E-state index contributed by atoms with van der Waals surface area (Å²) in [7, 11) is 0. The predicted octanol–water partition coefficient (Wildman–Crippen LogP) is 1.96. The van der Waals surface area contributed by atoms with Gasteiger partial charge in [0.2, 0.25) is 0 Å². The Morgan fingerprint density at radius 3 is 1.56 bits per heavy atom. The van der Waals surface area contributed by atoms with E-state index in [9.17, 15) is 0 Å². The van der Waals surface area contributed by atoms with Crippen LogP contribution >= 0.6 is 34.8 Å². The van der Waals surface area contributed by atoms with Crippen molar-refractivity contribution in [1.82, 2.24) is 4.90 Å². The van der Waals surface area contributed by atoms with Crippen LogP contribution in [0.5, 0.6) is 0 Å². The highest BCUT2D eigenvalue weighted by atomic mass is 35.5. The average molecular weight is 191 g/mol. The Hall–Kier alpha value is 0.830. The molecule has 0 radical (unpaired) electrons. The molecule has 0 saturated heterocycles. The zero-order valence-electron chi connectivity index (χ0n) is 5.12. The Kier molecular flexibility index (Phi) is 7.58. The van der Waals surface area contributed by atoms with Gasteiger partial charge >= 0.3 is 0 Å². The Morgan fingerprint density at radius 1 is 0.889 bits per heavy atom. The molecule has 0 bridgehead atoms. The molecule has 0 N–H and O–H groups in total. The fourth-order valence-electron chi connectivity index (χ4n) is 0.470. The minimum atomic E-state index is 0.513. The molecule has 0 aliphatic carbocycles. The van der Waals surface area contributed by atoms with Gasteiger partial charge in [0, 0.05) is 24.8 Å². The molecule has 0 heterocycles. The van der Waals surface area contributed by atoms with Crippen molar-refractivity contribution in [3.05, 3.63) is 0 Å². The topological polar surface area (TPSA) is 3.24 Å². The first-order valence-electron chi connectivity index (χ1n) is 2.75. The third kappa shape index (κ3) is 5.28. The third-order valence-electron chi connectivity index (χ3n) is 0.971. The van der Waals surface area contributed by atoms with Gasteiger partial charge in [-0.3, -0.25) is 4.90 Å². The predicted molar refractivity (Wildman–Crippen MR) is 43.7 cm³/mol. The van der Waals surface area contributed by atoms with Crippen molar-refractivity contribution in [2.24, 2.45) is 0 Å². The van der Waals surface area contributed by atoms with E-state index >= 15 is 0 Å². The largest absolute Gasteiger partial charge is 0.288 e. The lowest BCUT2D eigenvalue weighted by Crippen LogP contribution is -2.26. The van der Waals surface area contributed by atoms with Gasteiger partial charge in [-0.2, -0.15) is 0 Å².